The molecule has 7 heteroatoms. The van der Waals surface area contributed by atoms with Crippen LogP contribution in [-0.4, -0.2) is 39.6 Å². The van der Waals surface area contributed by atoms with Crippen LogP contribution >= 0.6 is 0 Å². The van der Waals surface area contributed by atoms with Crippen LogP contribution in [0, 0.1) is 0 Å². The summed E-state index contributed by atoms with van der Waals surface area (Å²) in [6.07, 6.45) is 1.24. The lowest BCUT2D eigenvalue weighted by atomic mass is 9.93. The average molecular weight is 543 g/mol. The van der Waals surface area contributed by atoms with Crippen molar-refractivity contribution < 1.29 is 33.5 Å². The normalized spacial score (nSPS) is 13.3. The third-order valence-corrected chi connectivity index (χ3v) is 6.97. The third-order valence-electron chi connectivity index (χ3n) is 6.97. The Bertz CT molecular complexity index is 1430. The highest BCUT2D eigenvalue weighted by Crippen LogP contribution is 2.37. The summed E-state index contributed by atoms with van der Waals surface area (Å²) in [6, 6.07) is 25.6. The van der Waals surface area contributed by atoms with Gasteiger partial charge in [-0.1, -0.05) is 36.4 Å². The van der Waals surface area contributed by atoms with Crippen LogP contribution in [0.3, 0.4) is 0 Å². The summed E-state index contributed by atoms with van der Waals surface area (Å²) in [4.78, 5) is 0. The Morgan fingerprint density at radius 2 is 1.35 bits per heavy atom. The van der Waals surface area contributed by atoms with E-state index in [2.05, 4.69) is 24.3 Å². The van der Waals surface area contributed by atoms with Gasteiger partial charge in [-0.3, -0.25) is 0 Å². The molecule has 40 heavy (non-hydrogen) atoms. The molecule has 0 bridgehead atoms. The van der Waals surface area contributed by atoms with Crippen molar-refractivity contribution in [3.63, 3.8) is 0 Å². The van der Waals surface area contributed by atoms with Crippen LogP contribution in [0.25, 0.3) is 11.1 Å². The van der Waals surface area contributed by atoms with E-state index in [1.165, 1.54) is 5.56 Å². The van der Waals surface area contributed by atoms with Crippen molar-refractivity contribution in [2.75, 3.05) is 34.5 Å². The predicted molar refractivity (Wildman–Crippen MR) is 152 cm³/mol. The molecule has 0 aromatic heterocycles. The molecule has 4 aromatic carbocycles. The molecule has 0 amide bonds. The lowest BCUT2D eigenvalue weighted by Gasteiger charge is -2.16. The van der Waals surface area contributed by atoms with Crippen molar-refractivity contribution in [3.8, 4) is 39.9 Å². The lowest BCUT2D eigenvalue weighted by Crippen LogP contribution is -2.00. The predicted octanol–water partition coefficient (Wildman–Crippen LogP) is 6.49. The summed E-state index contributed by atoms with van der Waals surface area (Å²) in [7, 11) is 4.94. The Labute approximate surface area is 234 Å². The van der Waals surface area contributed by atoms with Gasteiger partial charge in [0.05, 0.1) is 41.2 Å². The molecule has 5 rings (SSSR count). The smallest absolute Gasteiger partial charge is 0.184 e. The van der Waals surface area contributed by atoms with Crippen molar-refractivity contribution >= 4 is 0 Å². The maximum absolute atomic E-state index is 9.54. The number of rotatable bonds is 11. The zero-order valence-corrected chi connectivity index (χ0v) is 23.0. The largest absolute Gasteiger partial charge is 0.497 e. The highest BCUT2D eigenvalue weighted by atomic mass is 16.7. The SMILES string of the molecule is COc1ccc(-c2ccc(CO)cc2OC)c(CCc2ccc(Oc3cc(C4OCCO4)ccc3OC)cc2)c1. The summed E-state index contributed by atoms with van der Waals surface area (Å²) in [6.45, 7) is 1.12. The maximum atomic E-state index is 9.54. The lowest BCUT2D eigenvalue weighted by molar-refractivity contribution is -0.0442. The van der Waals surface area contributed by atoms with Crippen molar-refractivity contribution in [1.82, 2.24) is 0 Å². The second-order valence-corrected chi connectivity index (χ2v) is 9.45. The molecule has 0 spiro atoms. The van der Waals surface area contributed by atoms with E-state index in [-0.39, 0.29) is 12.9 Å². The first-order valence-corrected chi connectivity index (χ1v) is 13.2. The van der Waals surface area contributed by atoms with Crippen LogP contribution in [0.5, 0.6) is 28.7 Å². The van der Waals surface area contributed by atoms with E-state index in [0.717, 1.165) is 52.2 Å². The molecule has 7 nitrogen and oxygen atoms in total. The molecule has 0 saturated carbocycles. The first-order valence-electron chi connectivity index (χ1n) is 13.2. The highest BCUT2D eigenvalue weighted by Gasteiger charge is 2.20. The fourth-order valence-corrected chi connectivity index (χ4v) is 4.82. The van der Waals surface area contributed by atoms with Gasteiger partial charge in [-0.25, -0.2) is 0 Å². The second kappa shape index (κ2) is 12.9. The number of aryl methyl sites for hydroxylation is 2. The van der Waals surface area contributed by atoms with Gasteiger partial charge in [0.15, 0.2) is 17.8 Å². The van der Waals surface area contributed by atoms with Gasteiger partial charge in [0.1, 0.15) is 17.2 Å². The Morgan fingerprint density at radius 3 is 2.05 bits per heavy atom. The van der Waals surface area contributed by atoms with Gasteiger partial charge in [0.25, 0.3) is 0 Å². The molecule has 1 aliphatic heterocycles. The van der Waals surface area contributed by atoms with Crippen molar-refractivity contribution in [2.24, 2.45) is 0 Å². The van der Waals surface area contributed by atoms with Crippen molar-refractivity contribution in [2.45, 2.75) is 25.7 Å². The van der Waals surface area contributed by atoms with Gasteiger partial charge in [-0.15, -0.1) is 0 Å². The summed E-state index contributed by atoms with van der Waals surface area (Å²) in [5, 5.41) is 9.54. The minimum Gasteiger partial charge on any atom is -0.497 e. The Hall–Kier alpha value is -4.04. The van der Waals surface area contributed by atoms with E-state index in [0.29, 0.717) is 30.5 Å². The van der Waals surface area contributed by atoms with E-state index in [1.54, 1.807) is 21.3 Å². The minimum absolute atomic E-state index is 0.0343. The van der Waals surface area contributed by atoms with E-state index in [4.69, 9.17) is 28.4 Å². The zero-order chi connectivity index (χ0) is 27.9. The number of hydrogen-bond acceptors (Lipinski definition) is 7. The first-order chi connectivity index (χ1) is 19.6. The molecule has 0 aliphatic carbocycles. The molecular weight excluding hydrogens is 508 g/mol. The van der Waals surface area contributed by atoms with Crippen LogP contribution in [-0.2, 0) is 28.9 Å². The Kier molecular flexibility index (Phi) is 8.86. The third kappa shape index (κ3) is 6.23. The number of hydrogen-bond donors (Lipinski definition) is 1. The van der Waals surface area contributed by atoms with Crippen LogP contribution in [0.15, 0.2) is 78.9 Å². The standard InChI is InChI=1S/C33H34O7/c1-35-27-12-14-28(29-13-7-23(21-34)18-31(29)37-3)24(19-27)8-4-22-5-10-26(11-6-22)40-32-20-25(9-15-30(32)36-2)33-38-16-17-39-33/h5-7,9-15,18-20,33-34H,4,8,16-17,21H2,1-3H3. The van der Waals surface area contributed by atoms with Crippen molar-refractivity contribution in [3.05, 3.63) is 101 Å². The minimum atomic E-state index is -0.385. The average Bonchev–Trinajstić information content (AvgIpc) is 3.55. The topological polar surface area (TPSA) is 75.6 Å². The van der Waals surface area contributed by atoms with Crippen LogP contribution in [0.4, 0.5) is 0 Å². The number of aliphatic hydroxyl groups is 1. The summed E-state index contributed by atoms with van der Waals surface area (Å²) in [5.74, 6) is 3.49. The van der Waals surface area contributed by atoms with Gasteiger partial charge < -0.3 is 33.5 Å². The molecule has 208 valence electrons. The molecule has 4 aromatic rings. The van der Waals surface area contributed by atoms with Crippen LogP contribution < -0.4 is 18.9 Å². The quantitative estimate of drug-likeness (QED) is 0.232. The van der Waals surface area contributed by atoms with Gasteiger partial charge >= 0.3 is 0 Å². The molecule has 0 unspecified atom stereocenters. The fourth-order valence-electron chi connectivity index (χ4n) is 4.82. The fraction of sp³-hybridized carbons (Fsp3) is 0.273. The van der Waals surface area contributed by atoms with E-state index in [1.807, 2.05) is 54.6 Å². The highest BCUT2D eigenvalue weighted by molar-refractivity contribution is 5.74. The molecular formula is C33H34O7. The number of aliphatic hydroxyl groups excluding tert-OH is 1. The summed E-state index contributed by atoms with van der Waals surface area (Å²) < 4.78 is 34.1. The molecule has 0 atom stereocenters. The van der Waals surface area contributed by atoms with Crippen LogP contribution in [0.1, 0.15) is 28.5 Å². The zero-order valence-electron chi connectivity index (χ0n) is 23.0. The monoisotopic (exact) mass is 542 g/mol. The maximum Gasteiger partial charge on any atom is 0.184 e. The molecule has 1 N–H and O–H groups in total. The van der Waals surface area contributed by atoms with Crippen LogP contribution in [0.2, 0.25) is 0 Å². The van der Waals surface area contributed by atoms with Gasteiger partial charge in [-0.05, 0) is 77.6 Å². The Balaban J connectivity index is 1.32. The molecule has 1 aliphatic rings. The molecule has 1 fully saturated rings. The molecule has 0 radical (unpaired) electrons. The van der Waals surface area contributed by atoms with E-state index >= 15 is 0 Å². The first kappa shape index (κ1) is 27.5. The molecule has 1 heterocycles. The van der Waals surface area contributed by atoms with E-state index < -0.39 is 0 Å². The summed E-state index contributed by atoms with van der Waals surface area (Å²) in [5.41, 5.74) is 6.07. The van der Waals surface area contributed by atoms with Crippen molar-refractivity contribution in [1.29, 1.82) is 0 Å². The van der Waals surface area contributed by atoms with Gasteiger partial charge in [0.2, 0.25) is 0 Å². The second-order valence-electron chi connectivity index (χ2n) is 9.45. The number of ether oxygens (including phenoxy) is 6. The number of methoxy groups -OCH3 is 3. The summed E-state index contributed by atoms with van der Waals surface area (Å²) >= 11 is 0. The Morgan fingerprint density at radius 1 is 0.650 bits per heavy atom. The number of benzene rings is 4. The van der Waals surface area contributed by atoms with E-state index in [9.17, 15) is 5.11 Å². The molecule has 1 saturated heterocycles. The van der Waals surface area contributed by atoms with Gasteiger partial charge in [0, 0.05) is 11.1 Å². The van der Waals surface area contributed by atoms with Gasteiger partial charge in [-0.2, -0.15) is 0 Å².